The average molecular weight is 276 g/mol. The second kappa shape index (κ2) is 5.92. The fourth-order valence-corrected chi connectivity index (χ4v) is 1.23. The molecular weight excluding hydrogens is 261 g/mol. The Labute approximate surface area is 108 Å². The zero-order chi connectivity index (χ0) is 14.6. The first-order valence-electron chi connectivity index (χ1n) is 5.61. The fourth-order valence-electron chi connectivity index (χ4n) is 1.23. The van der Waals surface area contributed by atoms with Crippen LogP contribution in [0.25, 0.3) is 0 Å². The molecule has 2 atom stereocenters. The van der Waals surface area contributed by atoms with Crippen molar-refractivity contribution in [2.75, 3.05) is 5.32 Å². The minimum Gasteiger partial charge on any atom is -0.406 e. The molecule has 0 aliphatic rings. The monoisotopic (exact) mass is 276 g/mol. The Kier molecular flexibility index (Phi) is 4.77. The molecule has 0 bridgehead atoms. The van der Waals surface area contributed by atoms with Crippen LogP contribution in [0.2, 0.25) is 0 Å². The highest BCUT2D eigenvalue weighted by Gasteiger charge is 2.31. The smallest absolute Gasteiger partial charge is 0.406 e. The van der Waals surface area contributed by atoms with Crippen LogP contribution in [-0.2, 0) is 4.79 Å². The van der Waals surface area contributed by atoms with E-state index < -0.39 is 12.3 Å². The number of alkyl halides is 3. The van der Waals surface area contributed by atoms with Crippen LogP contribution in [-0.4, -0.2) is 18.3 Å². The normalized spacial score (nSPS) is 14.6. The molecular formula is C12H15F3N2O2. The lowest BCUT2D eigenvalue weighted by atomic mass is 10.0. The van der Waals surface area contributed by atoms with Crippen molar-refractivity contribution >= 4 is 11.6 Å². The molecule has 2 unspecified atom stereocenters. The highest BCUT2D eigenvalue weighted by atomic mass is 19.4. The minimum absolute atomic E-state index is 0.292. The van der Waals surface area contributed by atoms with Gasteiger partial charge in [0.1, 0.15) is 5.75 Å². The summed E-state index contributed by atoms with van der Waals surface area (Å²) in [5.74, 6) is -1.03. The molecule has 1 aromatic carbocycles. The summed E-state index contributed by atoms with van der Waals surface area (Å²) in [6.07, 6.45) is -4.73. The Morgan fingerprint density at radius 1 is 1.26 bits per heavy atom. The van der Waals surface area contributed by atoms with E-state index in [1.807, 2.05) is 0 Å². The third-order valence-electron chi connectivity index (χ3n) is 2.56. The molecule has 19 heavy (non-hydrogen) atoms. The quantitative estimate of drug-likeness (QED) is 0.888. The van der Waals surface area contributed by atoms with E-state index in [9.17, 15) is 18.0 Å². The maximum Gasteiger partial charge on any atom is 0.573 e. The number of nitrogens with one attached hydrogen (secondary N) is 1. The summed E-state index contributed by atoms with van der Waals surface area (Å²) in [5.41, 5.74) is 5.96. The number of ether oxygens (including phenoxy) is 1. The molecule has 3 N–H and O–H groups in total. The maximum absolute atomic E-state index is 11.9. The van der Waals surface area contributed by atoms with Crippen LogP contribution >= 0.6 is 0 Å². The van der Waals surface area contributed by atoms with E-state index in [-0.39, 0.29) is 17.7 Å². The van der Waals surface area contributed by atoms with Crippen LogP contribution in [0.15, 0.2) is 24.3 Å². The van der Waals surface area contributed by atoms with Crippen molar-refractivity contribution in [3.63, 3.8) is 0 Å². The van der Waals surface area contributed by atoms with Gasteiger partial charge in [-0.1, -0.05) is 6.92 Å². The number of hydrogen-bond donors (Lipinski definition) is 2. The summed E-state index contributed by atoms with van der Waals surface area (Å²) < 4.78 is 39.5. The molecule has 0 aliphatic carbocycles. The predicted octanol–water partition coefficient (Wildman–Crippen LogP) is 2.51. The molecule has 0 saturated heterocycles. The fraction of sp³-hybridized carbons (Fsp3) is 0.417. The number of hydrogen-bond acceptors (Lipinski definition) is 3. The molecule has 0 aliphatic heterocycles. The van der Waals surface area contributed by atoms with E-state index in [0.717, 1.165) is 12.1 Å². The van der Waals surface area contributed by atoms with Crippen LogP contribution in [0.3, 0.4) is 0 Å². The van der Waals surface area contributed by atoms with Gasteiger partial charge in [-0.25, -0.2) is 0 Å². The molecule has 0 aromatic heterocycles. The topological polar surface area (TPSA) is 64.4 Å². The number of halogens is 3. The molecule has 1 rings (SSSR count). The van der Waals surface area contributed by atoms with Gasteiger partial charge < -0.3 is 15.8 Å². The van der Waals surface area contributed by atoms with Gasteiger partial charge in [0.25, 0.3) is 0 Å². The Balaban J connectivity index is 2.65. The Hall–Kier alpha value is -1.76. The van der Waals surface area contributed by atoms with E-state index in [4.69, 9.17) is 5.73 Å². The van der Waals surface area contributed by atoms with Crippen molar-refractivity contribution in [3.8, 4) is 5.75 Å². The van der Waals surface area contributed by atoms with Gasteiger partial charge in [-0.15, -0.1) is 13.2 Å². The lowest BCUT2D eigenvalue weighted by Crippen LogP contribution is -2.34. The van der Waals surface area contributed by atoms with Gasteiger partial charge >= 0.3 is 6.36 Å². The lowest BCUT2D eigenvalue weighted by Gasteiger charge is -2.15. The Morgan fingerprint density at radius 2 is 1.79 bits per heavy atom. The van der Waals surface area contributed by atoms with Crippen LogP contribution < -0.4 is 15.8 Å². The van der Waals surface area contributed by atoms with Crippen LogP contribution in [0.4, 0.5) is 18.9 Å². The number of carbonyl (C=O) groups excluding carboxylic acids is 1. The molecule has 0 heterocycles. The summed E-state index contributed by atoms with van der Waals surface area (Å²) in [6.45, 7) is 3.37. The Bertz CT molecular complexity index is 430. The lowest BCUT2D eigenvalue weighted by molar-refractivity contribution is -0.274. The highest BCUT2D eigenvalue weighted by molar-refractivity contribution is 5.92. The number of benzene rings is 1. The summed E-state index contributed by atoms with van der Waals surface area (Å²) in [7, 11) is 0. The zero-order valence-corrected chi connectivity index (χ0v) is 10.5. The summed E-state index contributed by atoms with van der Waals surface area (Å²) in [4.78, 5) is 11.7. The predicted molar refractivity (Wildman–Crippen MR) is 64.6 cm³/mol. The van der Waals surface area contributed by atoms with Gasteiger partial charge in [0.05, 0.1) is 5.92 Å². The van der Waals surface area contributed by atoms with Gasteiger partial charge in [0.15, 0.2) is 0 Å². The number of carbonyl (C=O) groups is 1. The van der Waals surface area contributed by atoms with Gasteiger partial charge in [-0.05, 0) is 31.2 Å². The van der Waals surface area contributed by atoms with Crippen molar-refractivity contribution in [1.82, 2.24) is 0 Å². The summed E-state index contributed by atoms with van der Waals surface area (Å²) in [6, 6.07) is 4.59. The second-order valence-electron chi connectivity index (χ2n) is 4.21. The minimum atomic E-state index is -4.73. The van der Waals surface area contributed by atoms with Crippen LogP contribution in [0.5, 0.6) is 5.75 Å². The summed E-state index contributed by atoms with van der Waals surface area (Å²) in [5, 5.41) is 2.56. The van der Waals surface area contributed by atoms with E-state index in [1.165, 1.54) is 12.1 Å². The van der Waals surface area contributed by atoms with Gasteiger partial charge in [0, 0.05) is 11.7 Å². The first-order chi connectivity index (χ1) is 8.69. The van der Waals surface area contributed by atoms with E-state index in [0.29, 0.717) is 5.69 Å². The molecule has 0 fully saturated rings. The molecule has 1 aromatic rings. The first kappa shape index (κ1) is 15.3. The third-order valence-corrected chi connectivity index (χ3v) is 2.56. The average Bonchev–Trinajstić information content (AvgIpc) is 2.28. The molecule has 4 nitrogen and oxygen atoms in total. The van der Waals surface area contributed by atoms with Crippen molar-refractivity contribution in [1.29, 1.82) is 0 Å². The third kappa shape index (κ3) is 5.17. The van der Waals surface area contributed by atoms with Gasteiger partial charge in [-0.3, -0.25) is 4.79 Å². The summed E-state index contributed by atoms with van der Waals surface area (Å²) >= 11 is 0. The van der Waals surface area contributed by atoms with Crippen molar-refractivity contribution < 1.29 is 22.7 Å². The number of anilines is 1. The van der Waals surface area contributed by atoms with E-state index in [1.54, 1.807) is 13.8 Å². The SMILES string of the molecule is CC(N)C(C)C(=O)Nc1ccc(OC(F)(F)F)cc1. The van der Waals surface area contributed by atoms with Crippen LogP contribution in [0, 0.1) is 5.92 Å². The zero-order valence-electron chi connectivity index (χ0n) is 10.5. The molecule has 1 amide bonds. The van der Waals surface area contributed by atoms with Crippen LogP contribution in [0.1, 0.15) is 13.8 Å². The first-order valence-corrected chi connectivity index (χ1v) is 5.61. The van der Waals surface area contributed by atoms with E-state index in [2.05, 4.69) is 10.1 Å². The standard InChI is InChI=1S/C12H15F3N2O2/c1-7(8(2)16)11(18)17-9-3-5-10(6-4-9)19-12(13,14)15/h3-8H,16H2,1-2H3,(H,17,18). The van der Waals surface area contributed by atoms with Gasteiger partial charge in [-0.2, -0.15) is 0 Å². The number of amides is 1. The molecule has 0 spiro atoms. The molecule has 7 heteroatoms. The second-order valence-corrected chi connectivity index (χ2v) is 4.21. The number of rotatable bonds is 4. The highest BCUT2D eigenvalue weighted by Crippen LogP contribution is 2.24. The van der Waals surface area contributed by atoms with Crippen molar-refractivity contribution in [2.45, 2.75) is 26.3 Å². The van der Waals surface area contributed by atoms with Gasteiger partial charge in [0.2, 0.25) is 5.91 Å². The largest absolute Gasteiger partial charge is 0.573 e. The number of nitrogens with two attached hydrogens (primary N) is 1. The van der Waals surface area contributed by atoms with Crippen molar-refractivity contribution in [2.24, 2.45) is 11.7 Å². The van der Waals surface area contributed by atoms with Crippen molar-refractivity contribution in [3.05, 3.63) is 24.3 Å². The molecule has 0 radical (unpaired) electrons. The maximum atomic E-state index is 11.9. The molecule has 106 valence electrons. The van der Waals surface area contributed by atoms with E-state index >= 15 is 0 Å². The Morgan fingerprint density at radius 3 is 2.21 bits per heavy atom. The molecule has 0 saturated carbocycles.